The number of ether oxygens (including phenoxy) is 1. The summed E-state index contributed by atoms with van der Waals surface area (Å²) in [4.78, 5) is 2.69. The van der Waals surface area contributed by atoms with Crippen LogP contribution in [-0.4, -0.2) is 53.3 Å². The molecular weight excluding hydrogens is 689 g/mol. The van der Waals surface area contributed by atoms with E-state index in [4.69, 9.17) is 22.6 Å². The maximum absolute atomic E-state index is 12.7. The predicted octanol–water partition coefficient (Wildman–Crippen LogP) is 4.92. The van der Waals surface area contributed by atoms with E-state index in [9.17, 15) is 34.4 Å². The molecule has 0 saturated heterocycles. The zero-order valence-corrected chi connectivity index (χ0v) is 26.9. The summed E-state index contributed by atoms with van der Waals surface area (Å²) < 4.78 is 103. The van der Waals surface area contributed by atoms with Gasteiger partial charge < -0.3 is 16.2 Å². The number of hydrogen-bond donors (Lipinski definition) is 4. The van der Waals surface area contributed by atoms with Gasteiger partial charge in [0.1, 0.15) is 26.9 Å². The summed E-state index contributed by atoms with van der Waals surface area (Å²) in [5.74, 6) is -0.366. The summed E-state index contributed by atoms with van der Waals surface area (Å²) in [5, 5.41) is 15.4. The van der Waals surface area contributed by atoms with Gasteiger partial charge >= 0.3 is 0 Å². The molecule has 0 amide bonds. The third kappa shape index (κ3) is 9.68. The minimum absolute atomic E-state index is 0.132. The molecule has 0 unspecified atom stereocenters. The largest absolute Gasteiger partial charge is 0.396 e. The van der Waals surface area contributed by atoms with Gasteiger partial charge in [0.15, 0.2) is 15.9 Å². The van der Waals surface area contributed by atoms with E-state index in [1.54, 1.807) is 19.1 Å². The zero-order valence-electron chi connectivity index (χ0n) is 23.7. The molecule has 17 nitrogen and oxygen atoms in total. The van der Waals surface area contributed by atoms with Crippen LogP contribution in [0.3, 0.4) is 0 Å². The number of nitrogens with two attached hydrogens (primary N) is 2. The van der Waals surface area contributed by atoms with Crippen LogP contribution in [0.1, 0.15) is 13.3 Å². The highest BCUT2D eigenvalue weighted by atomic mass is 32.2. The first kappa shape index (κ1) is 36.3. The Morgan fingerprint density at radius 3 is 2.11 bits per heavy atom. The molecule has 3 aromatic rings. The maximum Gasteiger partial charge on any atom is 0.296 e. The van der Waals surface area contributed by atoms with Crippen molar-refractivity contribution in [2.75, 3.05) is 30.4 Å². The van der Waals surface area contributed by atoms with E-state index in [1.165, 1.54) is 12.1 Å². The Kier molecular flexibility index (Phi) is 12.2. The number of hydrogen-bond acceptors (Lipinski definition) is 16. The Morgan fingerprint density at radius 2 is 1.50 bits per heavy atom. The number of benzene rings is 3. The lowest BCUT2D eigenvalue weighted by Gasteiger charge is -2.11. The van der Waals surface area contributed by atoms with Crippen LogP contribution < -0.4 is 11.5 Å². The van der Waals surface area contributed by atoms with Crippen molar-refractivity contribution in [1.82, 2.24) is 0 Å². The number of anilines is 2. The van der Waals surface area contributed by atoms with Gasteiger partial charge in [0.25, 0.3) is 20.2 Å². The van der Waals surface area contributed by atoms with E-state index in [2.05, 4.69) is 29.7 Å². The van der Waals surface area contributed by atoms with Crippen molar-refractivity contribution in [3.63, 3.8) is 0 Å². The monoisotopic (exact) mass is 714 g/mol. The quantitative estimate of drug-likeness (QED) is 0.0238. The van der Waals surface area contributed by atoms with Crippen LogP contribution in [0.2, 0.25) is 0 Å². The molecule has 0 heterocycles. The molecule has 0 aliphatic heterocycles. The molecule has 46 heavy (non-hydrogen) atoms. The first-order valence-electron chi connectivity index (χ1n) is 12.6. The maximum atomic E-state index is 12.7. The van der Waals surface area contributed by atoms with E-state index in [0.717, 1.165) is 30.2 Å². The van der Waals surface area contributed by atoms with Crippen LogP contribution in [0.5, 0.6) is 0 Å². The number of azo groups is 2. The van der Waals surface area contributed by atoms with Crippen LogP contribution in [0.25, 0.3) is 0 Å². The predicted molar refractivity (Wildman–Crippen MR) is 166 cm³/mol. The van der Waals surface area contributed by atoms with Crippen molar-refractivity contribution in [2.24, 2.45) is 20.5 Å². The standard InChI is InChI=1S/C25H26N6O11S4/c1-3-40-12-5-13-44(32,33)18-10-11-19(21(14-18)45(34,35)36)29-30-20-15-22(46(37,38)39)24(27)25(23(20)26)31-28-16-6-8-17(9-7-16)43-42-41-4-2/h2,6-11,14-15H,3,5,12-13,26-27H2,1H3,(H,34,35,36)(H,37,38,39). The van der Waals surface area contributed by atoms with E-state index in [0.29, 0.717) is 17.6 Å². The third-order valence-corrected chi connectivity index (χ3v) is 9.83. The van der Waals surface area contributed by atoms with Gasteiger partial charge in [-0.1, -0.05) is 10.8 Å². The fraction of sp³-hybridized carbons (Fsp3) is 0.200. The van der Waals surface area contributed by atoms with Gasteiger partial charge in [0, 0.05) is 18.1 Å². The highest BCUT2D eigenvalue weighted by molar-refractivity contribution is 7.94. The number of rotatable bonds is 15. The van der Waals surface area contributed by atoms with Crippen LogP contribution >= 0.6 is 12.0 Å². The molecular formula is C25H26N6O11S4. The van der Waals surface area contributed by atoms with Crippen molar-refractivity contribution in [3.8, 4) is 12.5 Å². The van der Waals surface area contributed by atoms with Gasteiger partial charge in [-0.05, 0) is 61.9 Å². The lowest BCUT2D eigenvalue weighted by atomic mass is 10.2. The van der Waals surface area contributed by atoms with Crippen molar-refractivity contribution in [2.45, 2.75) is 32.9 Å². The molecule has 0 aliphatic rings. The summed E-state index contributed by atoms with van der Waals surface area (Å²) in [6, 6.07) is 9.56. The van der Waals surface area contributed by atoms with Crippen molar-refractivity contribution >= 4 is 76.2 Å². The molecule has 3 aromatic carbocycles. The minimum atomic E-state index is -5.04. The van der Waals surface area contributed by atoms with E-state index >= 15 is 0 Å². The average Bonchev–Trinajstić information content (AvgIpc) is 2.98. The molecule has 21 heteroatoms. The SMILES string of the molecule is C#COOSc1ccc(N=Nc2c(N)c(N=Nc3ccc(S(=O)(=O)CCCOCC)cc3S(=O)(=O)O)cc(S(=O)(=O)O)c2N)cc1. The molecule has 0 spiro atoms. The van der Waals surface area contributed by atoms with Crippen molar-refractivity contribution in [1.29, 1.82) is 0 Å². The van der Waals surface area contributed by atoms with E-state index in [1.807, 2.05) is 6.11 Å². The van der Waals surface area contributed by atoms with Crippen LogP contribution in [-0.2, 0) is 44.0 Å². The molecule has 0 saturated carbocycles. The zero-order chi connectivity index (χ0) is 34.1. The fourth-order valence-corrected chi connectivity index (χ4v) is 6.58. The molecule has 0 bridgehead atoms. The molecule has 3 rings (SSSR count). The van der Waals surface area contributed by atoms with Crippen LogP contribution in [0.15, 0.2) is 88.6 Å². The van der Waals surface area contributed by atoms with Crippen molar-refractivity contribution < 1.29 is 48.3 Å². The minimum Gasteiger partial charge on any atom is -0.396 e. The topological polar surface area (TPSA) is 272 Å². The lowest BCUT2D eigenvalue weighted by Crippen LogP contribution is -2.10. The third-order valence-electron chi connectivity index (χ3n) is 5.65. The Hall–Kier alpha value is -4.14. The molecule has 6 N–H and O–H groups in total. The van der Waals surface area contributed by atoms with Gasteiger partial charge in [-0.25, -0.2) is 8.42 Å². The fourth-order valence-electron chi connectivity index (χ4n) is 3.52. The highest BCUT2D eigenvalue weighted by Crippen LogP contribution is 2.43. The Morgan fingerprint density at radius 1 is 0.848 bits per heavy atom. The lowest BCUT2D eigenvalue weighted by molar-refractivity contribution is -0.113. The summed E-state index contributed by atoms with van der Waals surface area (Å²) in [5.41, 5.74) is 9.89. The summed E-state index contributed by atoms with van der Waals surface area (Å²) in [6.07, 6.45) is 6.87. The van der Waals surface area contributed by atoms with Crippen molar-refractivity contribution in [3.05, 3.63) is 48.5 Å². The second kappa shape index (κ2) is 15.4. The molecule has 0 fully saturated rings. The second-order valence-electron chi connectivity index (χ2n) is 8.77. The van der Waals surface area contributed by atoms with Gasteiger partial charge in [-0.2, -0.15) is 21.9 Å². The molecule has 0 atom stereocenters. The first-order chi connectivity index (χ1) is 21.6. The Labute approximate surface area is 268 Å². The molecule has 0 aromatic heterocycles. The highest BCUT2D eigenvalue weighted by Gasteiger charge is 2.24. The Bertz CT molecular complexity index is 2010. The second-order valence-corrected chi connectivity index (χ2v) is 14.4. The number of terminal acetylenes is 1. The Balaban J connectivity index is 2.04. The van der Waals surface area contributed by atoms with Gasteiger partial charge in [0.05, 0.1) is 39.8 Å². The van der Waals surface area contributed by atoms with Gasteiger partial charge in [-0.15, -0.1) is 15.3 Å². The molecule has 0 radical (unpaired) electrons. The first-order valence-corrected chi connectivity index (χ1v) is 17.9. The van der Waals surface area contributed by atoms with Crippen LogP contribution in [0, 0.1) is 12.5 Å². The summed E-state index contributed by atoms with van der Waals surface area (Å²) in [6.45, 7) is 2.28. The molecule has 0 aliphatic carbocycles. The van der Waals surface area contributed by atoms with E-state index in [-0.39, 0.29) is 30.2 Å². The number of nitrogens with zero attached hydrogens (tertiary/aromatic N) is 4. The summed E-state index contributed by atoms with van der Waals surface area (Å²) in [7, 11) is -14.0. The van der Waals surface area contributed by atoms with Gasteiger partial charge in [0.2, 0.25) is 0 Å². The molecule has 246 valence electrons. The number of sulfone groups is 1. The summed E-state index contributed by atoms with van der Waals surface area (Å²) >= 11 is 0.810. The normalized spacial score (nSPS) is 12.5. The average molecular weight is 715 g/mol. The number of nitrogen functional groups attached to an aromatic ring is 2. The van der Waals surface area contributed by atoms with Crippen LogP contribution in [0.4, 0.5) is 34.1 Å². The smallest absolute Gasteiger partial charge is 0.296 e. The van der Waals surface area contributed by atoms with Gasteiger partial charge in [-0.3, -0.25) is 14.0 Å². The van der Waals surface area contributed by atoms with E-state index < -0.39 is 67.5 Å².